The number of fused-ring (bicyclic) bond motifs is 4. The van der Waals surface area contributed by atoms with Crippen molar-refractivity contribution in [2.24, 2.45) is 0 Å². The maximum absolute atomic E-state index is 14.5. The number of aryl methyl sites for hydroxylation is 1. The fourth-order valence-corrected chi connectivity index (χ4v) is 18.3. The Morgan fingerprint density at radius 2 is 0.855 bits per heavy atom. The first kappa shape index (κ1) is 96.3. The Morgan fingerprint density at radius 1 is 0.393 bits per heavy atom. The van der Waals surface area contributed by atoms with Gasteiger partial charge in [0, 0.05) is 145 Å². The summed E-state index contributed by atoms with van der Waals surface area (Å²) in [6.07, 6.45) is 7.94. The Morgan fingerprint density at radius 3 is 1.37 bits per heavy atom. The summed E-state index contributed by atoms with van der Waals surface area (Å²) in [5.41, 5.74) is 23.8. The topological polar surface area (TPSA) is 423 Å². The molecule has 5 aliphatic rings. The molecule has 0 saturated carbocycles. The third-order valence-electron chi connectivity index (χ3n) is 26.1. The molecule has 13 N–H and O–H groups in total. The molecule has 0 radical (unpaired) electrons. The van der Waals surface area contributed by atoms with E-state index >= 15 is 0 Å². The Bertz CT molecular complexity index is 7520. The van der Waals surface area contributed by atoms with Crippen LogP contribution in [0.4, 0.5) is 38.5 Å². The summed E-state index contributed by atoms with van der Waals surface area (Å²) in [4.78, 5) is 98.3. The van der Waals surface area contributed by atoms with E-state index < -0.39 is 11.7 Å². The second-order valence-electron chi connectivity index (χ2n) is 36.3. The molecule has 23 rings (SSSR count). The first-order valence-electron chi connectivity index (χ1n) is 48.5. The number of carbonyl (C=O) groups excluding carboxylic acids is 4. The highest BCUT2D eigenvalue weighted by molar-refractivity contribution is 6.10. The van der Waals surface area contributed by atoms with Crippen LogP contribution in [-0.4, -0.2) is 274 Å². The lowest BCUT2D eigenvalue weighted by molar-refractivity contribution is 0.0341. The van der Waals surface area contributed by atoms with E-state index in [4.69, 9.17) is 38.6 Å². The molecule has 0 bridgehead atoms. The number of anilines is 6. The summed E-state index contributed by atoms with van der Waals surface area (Å²) in [5, 5.41) is 44.7. The monoisotopic (exact) mass is 1950 g/mol. The smallest absolute Gasteiger partial charge is 0.276 e. The van der Waals surface area contributed by atoms with Gasteiger partial charge in [-0.3, -0.25) is 59.2 Å². The van der Waals surface area contributed by atoms with Crippen molar-refractivity contribution in [1.29, 1.82) is 0 Å². The van der Waals surface area contributed by atoms with Crippen molar-refractivity contribution in [3.8, 4) is 62.8 Å². The number of hydrogen-bond donors (Lipinski definition) is 13. The minimum absolute atomic E-state index is 0.209. The van der Waals surface area contributed by atoms with Gasteiger partial charge >= 0.3 is 0 Å². The quantitative estimate of drug-likeness (QED) is 0.0239. The van der Waals surface area contributed by atoms with E-state index in [1.165, 1.54) is 40.6 Å². The maximum Gasteiger partial charge on any atom is 0.276 e. The number of nitrogens with one attached hydrogen (secondary N) is 13. The fraction of sp³-hybridized carbons (Fsp3) is 0.259. The Balaban J connectivity index is 0.000000118. The molecule has 37 heteroatoms. The molecule has 14 heterocycles. The number of methoxy groups -OCH3 is 1. The number of amides is 4. The predicted octanol–water partition coefficient (Wildman–Crippen LogP) is 15.6. The normalized spacial score (nSPS) is 15.0. The highest BCUT2D eigenvalue weighted by atomic mass is 19.1. The standard InChI is InChI=1S/C29H29N7O2.C28H26N6O2.C27H31FN8O2.C24H26N6O3/c37-29(28-24(7-4-10-30-28)31-17-20-5-2-1-3-6-20)34-26-18-32-35-27(26)25-16-22-15-21(8-9-23(22)33-25)19-36-11-13-38-14-12-36;35-28(22-8-4-7-21(16-22)20-5-2-1-3-6-20)32-25-17-29-33-26(25)27-30-23-10-9-19(15-24(23)31-27)18-34-11-13-36-14-12-34;1-34-4-6-36(7-5-34)21-14-19(13-20(28)15-21)27(37)32-24-16-29-33-25(24)26-30-22-3-2-18(12-23(22)31-26)17-35-8-10-38-11-9-35;1-15-3-6-21(32-2)17(11-15)24(31)28-20-13-25-29-22(20)23-26-18-5-4-16(12-19(18)27-23)14-30-7-9-33-10-8-30/h1-10,15-16,18,31,33H,11-14,17,19H2,(H,32,35)(H,34,37);1-10,15-17H,11-14,18H2,(H,29,33)(H,30,31)(H,32,35);2-3,12-16H,4-11,17H2,1H3,(H,29,33)(H,30,31)(H,32,37);3-6,11-13H,7-10,14H2,1-2H3,(H,25,29)(H,26,27)(H,28,31). The molecular formula is C108H112FN27O9. The molecule has 0 atom stereocenters. The van der Waals surface area contributed by atoms with E-state index in [1.54, 1.807) is 56.2 Å². The molecule has 0 unspecified atom stereocenters. The number of aromatic amines is 8. The summed E-state index contributed by atoms with van der Waals surface area (Å²) in [7, 11) is 3.61. The highest BCUT2D eigenvalue weighted by Crippen LogP contribution is 2.36. The van der Waals surface area contributed by atoms with E-state index in [1.807, 2.05) is 122 Å². The summed E-state index contributed by atoms with van der Waals surface area (Å²) in [6, 6.07) is 68.4. The van der Waals surface area contributed by atoms with E-state index in [-0.39, 0.29) is 23.3 Å². The molecule has 18 aromatic rings. The lowest BCUT2D eigenvalue weighted by atomic mass is 10.0. The van der Waals surface area contributed by atoms with Crippen LogP contribution in [0.2, 0.25) is 0 Å². The van der Waals surface area contributed by atoms with Gasteiger partial charge in [-0.05, 0) is 162 Å². The summed E-state index contributed by atoms with van der Waals surface area (Å²) < 4.78 is 41.6. The number of likely N-dealkylation sites (N-methyl/N-ethyl adjacent to an activating group) is 1. The Labute approximate surface area is 834 Å². The molecule has 9 aromatic carbocycles. The number of rotatable bonds is 26. The zero-order chi connectivity index (χ0) is 98.9. The van der Waals surface area contributed by atoms with Gasteiger partial charge < -0.3 is 80.0 Å². The van der Waals surface area contributed by atoms with Crippen LogP contribution in [-0.2, 0) is 51.7 Å². The maximum atomic E-state index is 14.5. The lowest BCUT2D eigenvalue weighted by Crippen LogP contribution is -2.44. The molecule has 740 valence electrons. The van der Waals surface area contributed by atoms with Gasteiger partial charge in [0.05, 0.1) is 158 Å². The number of aromatic nitrogens is 16. The number of imidazole rings is 3. The van der Waals surface area contributed by atoms with E-state index in [2.05, 4.69) is 189 Å². The van der Waals surface area contributed by atoms with Crippen molar-refractivity contribution in [2.45, 2.75) is 39.6 Å². The minimum atomic E-state index is -0.441. The number of morpholine rings is 4. The Hall–Kier alpha value is -16.2. The van der Waals surface area contributed by atoms with Crippen LogP contribution in [0.5, 0.6) is 5.75 Å². The Kier molecular flexibility index (Phi) is 30.1. The predicted molar refractivity (Wildman–Crippen MR) is 557 cm³/mol. The number of ether oxygens (including phenoxy) is 5. The van der Waals surface area contributed by atoms with Crippen molar-refractivity contribution in [3.05, 3.63) is 305 Å². The van der Waals surface area contributed by atoms with Crippen LogP contribution in [0, 0.1) is 12.7 Å². The third kappa shape index (κ3) is 23.9. The van der Waals surface area contributed by atoms with Gasteiger partial charge in [0.1, 0.15) is 34.3 Å². The molecule has 5 saturated heterocycles. The first-order valence-corrected chi connectivity index (χ1v) is 48.5. The molecule has 145 heavy (non-hydrogen) atoms. The molecule has 4 amide bonds. The number of hydrogen-bond acceptors (Lipinski definition) is 24. The summed E-state index contributed by atoms with van der Waals surface area (Å²) in [6.45, 7) is 23.1. The van der Waals surface area contributed by atoms with Crippen LogP contribution in [0.3, 0.4) is 0 Å². The van der Waals surface area contributed by atoms with Gasteiger partial charge in [0.15, 0.2) is 23.2 Å². The van der Waals surface area contributed by atoms with Crippen LogP contribution in [0.1, 0.15) is 74.9 Å². The highest BCUT2D eigenvalue weighted by Gasteiger charge is 2.27. The number of pyridine rings is 1. The third-order valence-corrected chi connectivity index (χ3v) is 26.1. The van der Waals surface area contributed by atoms with Gasteiger partial charge in [-0.2, -0.15) is 20.4 Å². The molecule has 5 aliphatic heterocycles. The number of benzene rings is 9. The zero-order valence-corrected chi connectivity index (χ0v) is 80.6. The van der Waals surface area contributed by atoms with Crippen molar-refractivity contribution in [1.82, 2.24) is 105 Å². The average Bonchev–Trinajstić information content (AvgIpc) is 1.67. The average molecular weight is 1950 g/mol. The van der Waals surface area contributed by atoms with Gasteiger partial charge in [0.2, 0.25) is 0 Å². The van der Waals surface area contributed by atoms with Crippen LogP contribution in [0.25, 0.3) is 101 Å². The molecule has 0 aliphatic carbocycles. The number of halogens is 1. The second-order valence-corrected chi connectivity index (χ2v) is 36.3. The summed E-state index contributed by atoms with van der Waals surface area (Å²) >= 11 is 0. The van der Waals surface area contributed by atoms with Crippen molar-refractivity contribution in [3.63, 3.8) is 0 Å². The van der Waals surface area contributed by atoms with Crippen LogP contribution >= 0.6 is 0 Å². The van der Waals surface area contributed by atoms with E-state index in [9.17, 15) is 23.6 Å². The van der Waals surface area contributed by atoms with Crippen molar-refractivity contribution >= 4 is 102 Å². The molecule has 5 fully saturated rings. The zero-order valence-electron chi connectivity index (χ0n) is 80.6. The SMILES string of the molecule is CN1CCN(c2cc(F)cc(C(=O)Nc3cn[nH]c3-c3nc4ccc(CN5CCOCC5)cc4[nH]3)c2)CC1.COc1ccc(C)cc1C(=O)Nc1cn[nH]c1-c1nc2ccc(CN3CCOCC3)cc2[nH]1.O=C(Nc1cn[nH]c1-c1cc2cc(CN3CCOCC3)ccc2[nH]1)c1ncccc1NCc1ccccc1.O=C(Nc1cn[nH]c1-c1nc2ccc(CN3CCOCC3)cc2[nH]1)c1cccc(-c2ccccc2)c1. The largest absolute Gasteiger partial charge is 0.496 e. The second kappa shape index (κ2) is 45.4. The van der Waals surface area contributed by atoms with Gasteiger partial charge in [-0.25, -0.2) is 24.3 Å². The molecule has 36 nitrogen and oxygen atoms in total. The number of carbonyl (C=O) groups is 4. The van der Waals surface area contributed by atoms with E-state index in [0.717, 1.165) is 230 Å². The van der Waals surface area contributed by atoms with Gasteiger partial charge in [-0.1, -0.05) is 109 Å². The first-order chi connectivity index (χ1) is 71.1. The van der Waals surface area contributed by atoms with Crippen molar-refractivity contribution in [2.75, 3.05) is 177 Å². The van der Waals surface area contributed by atoms with E-state index in [0.29, 0.717) is 103 Å². The number of piperazine rings is 1. The van der Waals surface area contributed by atoms with Gasteiger partial charge in [-0.15, -0.1) is 0 Å². The molecular weight excluding hydrogens is 1840 g/mol. The van der Waals surface area contributed by atoms with Crippen molar-refractivity contribution < 1.29 is 47.3 Å². The molecule has 9 aromatic heterocycles. The number of H-pyrrole nitrogens is 8. The van der Waals surface area contributed by atoms with Gasteiger partial charge in [0.25, 0.3) is 23.6 Å². The number of nitrogens with zero attached hydrogens (tertiary/aromatic N) is 14. The minimum Gasteiger partial charge on any atom is -0.496 e. The van der Waals surface area contributed by atoms with Crippen LogP contribution in [0.15, 0.2) is 243 Å². The summed E-state index contributed by atoms with van der Waals surface area (Å²) in [5.74, 6) is 0.662. The fourth-order valence-electron chi connectivity index (χ4n) is 18.3. The lowest BCUT2D eigenvalue weighted by Gasteiger charge is -2.34. The molecule has 0 spiro atoms. The van der Waals surface area contributed by atoms with Crippen LogP contribution < -0.4 is 36.2 Å².